The van der Waals surface area contributed by atoms with E-state index in [1.807, 2.05) is 42.5 Å². The maximum absolute atomic E-state index is 12.8. The number of hydrogen-bond donors (Lipinski definition) is 1. The molecule has 0 fully saturated rings. The molecule has 0 atom stereocenters. The SMILES string of the molecule is COc1ccc(-c2ccnc3c2c(=O)[nH]c(=O)n3Cc2ccc3c(c2)OCCCO3)cc1. The summed E-state index contributed by atoms with van der Waals surface area (Å²) in [5.74, 6) is 2.05. The van der Waals surface area contributed by atoms with Gasteiger partial charge in [-0.15, -0.1) is 0 Å². The van der Waals surface area contributed by atoms with Crippen molar-refractivity contribution in [1.29, 1.82) is 0 Å². The quantitative estimate of drug-likeness (QED) is 0.534. The summed E-state index contributed by atoms with van der Waals surface area (Å²) in [6, 6.07) is 14.7. The first kappa shape index (κ1) is 19.9. The van der Waals surface area contributed by atoms with Crippen LogP contribution in [0.4, 0.5) is 0 Å². The van der Waals surface area contributed by atoms with Crippen molar-refractivity contribution in [1.82, 2.24) is 14.5 Å². The summed E-state index contributed by atoms with van der Waals surface area (Å²) in [7, 11) is 1.60. The Kier molecular flexibility index (Phi) is 5.10. The summed E-state index contributed by atoms with van der Waals surface area (Å²) >= 11 is 0. The van der Waals surface area contributed by atoms with Gasteiger partial charge in [0.25, 0.3) is 5.56 Å². The Morgan fingerprint density at radius 3 is 2.59 bits per heavy atom. The zero-order valence-corrected chi connectivity index (χ0v) is 17.5. The van der Waals surface area contributed by atoms with Crippen LogP contribution >= 0.6 is 0 Å². The van der Waals surface area contributed by atoms with Crippen molar-refractivity contribution in [3.63, 3.8) is 0 Å². The summed E-state index contributed by atoms with van der Waals surface area (Å²) in [5.41, 5.74) is 1.67. The van der Waals surface area contributed by atoms with Gasteiger partial charge in [0.2, 0.25) is 0 Å². The number of fused-ring (bicyclic) bond motifs is 2. The fourth-order valence-corrected chi connectivity index (χ4v) is 3.85. The number of benzene rings is 2. The zero-order valence-electron chi connectivity index (χ0n) is 17.5. The molecule has 0 aliphatic carbocycles. The number of H-pyrrole nitrogens is 1. The molecule has 3 heterocycles. The van der Waals surface area contributed by atoms with E-state index in [0.29, 0.717) is 47.1 Å². The molecule has 1 aliphatic rings. The van der Waals surface area contributed by atoms with E-state index in [9.17, 15) is 9.59 Å². The molecule has 0 spiro atoms. The van der Waals surface area contributed by atoms with Crippen molar-refractivity contribution in [2.45, 2.75) is 13.0 Å². The minimum atomic E-state index is -0.519. The third-order valence-corrected chi connectivity index (χ3v) is 5.43. The average Bonchev–Trinajstić information content (AvgIpc) is 3.06. The van der Waals surface area contributed by atoms with Gasteiger partial charge >= 0.3 is 5.69 Å². The molecule has 1 N–H and O–H groups in total. The maximum Gasteiger partial charge on any atom is 0.330 e. The van der Waals surface area contributed by atoms with Gasteiger partial charge in [0.1, 0.15) is 11.4 Å². The van der Waals surface area contributed by atoms with Crippen molar-refractivity contribution in [2.24, 2.45) is 0 Å². The molecular weight excluding hydrogens is 410 g/mol. The minimum Gasteiger partial charge on any atom is -0.497 e. The van der Waals surface area contributed by atoms with Crippen LogP contribution in [0.1, 0.15) is 12.0 Å². The number of aromatic amines is 1. The van der Waals surface area contributed by atoms with Gasteiger partial charge in [-0.05, 0) is 47.0 Å². The highest BCUT2D eigenvalue weighted by Gasteiger charge is 2.16. The van der Waals surface area contributed by atoms with Crippen LogP contribution in [0.5, 0.6) is 17.2 Å². The normalized spacial score (nSPS) is 13.0. The van der Waals surface area contributed by atoms with Crippen LogP contribution < -0.4 is 25.5 Å². The fraction of sp³-hybridized carbons (Fsp3) is 0.208. The second-order valence-electron chi connectivity index (χ2n) is 7.46. The van der Waals surface area contributed by atoms with E-state index in [-0.39, 0.29) is 6.54 Å². The van der Waals surface area contributed by atoms with Crippen molar-refractivity contribution < 1.29 is 14.2 Å². The predicted octanol–water partition coefficient (Wildman–Crippen LogP) is 2.97. The number of rotatable bonds is 4. The first-order chi connectivity index (χ1) is 15.6. The van der Waals surface area contributed by atoms with Crippen LogP contribution in [0.3, 0.4) is 0 Å². The fourth-order valence-electron chi connectivity index (χ4n) is 3.85. The van der Waals surface area contributed by atoms with Crippen LogP contribution in [0.2, 0.25) is 0 Å². The van der Waals surface area contributed by atoms with Gasteiger partial charge in [-0.2, -0.15) is 0 Å². The van der Waals surface area contributed by atoms with Gasteiger partial charge in [0.15, 0.2) is 11.5 Å². The van der Waals surface area contributed by atoms with E-state index in [1.54, 1.807) is 19.4 Å². The molecule has 0 bridgehead atoms. The first-order valence-electron chi connectivity index (χ1n) is 10.3. The van der Waals surface area contributed by atoms with E-state index >= 15 is 0 Å². The Hall–Kier alpha value is -4.07. The van der Waals surface area contributed by atoms with Crippen molar-refractivity contribution >= 4 is 11.0 Å². The highest BCUT2D eigenvalue weighted by Crippen LogP contribution is 2.31. The molecule has 4 aromatic rings. The molecule has 0 unspecified atom stereocenters. The van der Waals surface area contributed by atoms with Gasteiger partial charge in [-0.3, -0.25) is 14.3 Å². The van der Waals surface area contributed by atoms with Gasteiger partial charge in [0.05, 0.1) is 32.3 Å². The van der Waals surface area contributed by atoms with E-state index in [0.717, 1.165) is 17.5 Å². The number of nitrogens with one attached hydrogen (secondary N) is 1. The molecule has 1 aliphatic heterocycles. The number of aromatic nitrogens is 3. The van der Waals surface area contributed by atoms with Gasteiger partial charge in [0, 0.05) is 12.6 Å². The lowest BCUT2D eigenvalue weighted by Gasteiger charge is -2.13. The third kappa shape index (κ3) is 3.60. The highest BCUT2D eigenvalue weighted by molar-refractivity contribution is 5.92. The molecule has 2 aromatic carbocycles. The number of ether oxygens (including phenoxy) is 3. The number of pyridine rings is 1. The third-order valence-electron chi connectivity index (χ3n) is 5.43. The van der Waals surface area contributed by atoms with E-state index < -0.39 is 11.2 Å². The molecular formula is C24H21N3O5. The lowest BCUT2D eigenvalue weighted by Crippen LogP contribution is -2.31. The molecule has 0 amide bonds. The average molecular weight is 431 g/mol. The number of methoxy groups -OCH3 is 1. The molecule has 0 saturated carbocycles. The van der Waals surface area contributed by atoms with Crippen molar-refractivity contribution in [3.8, 4) is 28.4 Å². The summed E-state index contributed by atoms with van der Waals surface area (Å²) in [5, 5.41) is 0.353. The first-order valence-corrected chi connectivity index (χ1v) is 10.3. The molecule has 0 radical (unpaired) electrons. The summed E-state index contributed by atoms with van der Waals surface area (Å²) < 4.78 is 18.1. The second kappa shape index (κ2) is 8.22. The second-order valence-corrected chi connectivity index (χ2v) is 7.46. The molecule has 0 saturated heterocycles. The Balaban J connectivity index is 1.62. The number of hydrogen-bond acceptors (Lipinski definition) is 6. The smallest absolute Gasteiger partial charge is 0.330 e. The standard InChI is InChI=1S/C24H21N3O5/c1-30-17-6-4-16(5-7-17)18-9-10-25-22-21(18)23(28)26-24(29)27(22)14-15-3-8-19-20(13-15)32-12-2-11-31-19/h3-10,13H,2,11-12,14H2,1H3,(H,26,28,29). The maximum atomic E-state index is 12.8. The molecule has 2 aromatic heterocycles. The van der Waals surface area contributed by atoms with E-state index in [2.05, 4.69) is 9.97 Å². The van der Waals surface area contributed by atoms with Crippen LogP contribution in [0, 0.1) is 0 Å². The van der Waals surface area contributed by atoms with E-state index in [4.69, 9.17) is 14.2 Å². The summed E-state index contributed by atoms with van der Waals surface area (Å²) in [6.45, 7) is 1.40. The predicted molar refractivity (Wildman–Crippen MR) is 120 cm³/mol. The van der Waals surface area contributed by atoms with E-state index in [1.165, 1.54) is 4.57 Å². The topological polar surface area (TPSA) is 95.4 Å². The van der Waals surface area contributed by atoms with Gasteiger partial charge in [-0.25, -0.2) is 9.78 Å². The molecule has 5 rings (SSSR count). The Morgan fingerprint density at radius 2 is 1.81 bits per heavy atom. The van der Waals surface area contributed by atoms with Gasteiger partial charge < -0.3 is 14.2 Å². The van der Waals surface area contributed by atoms with Crippen molar-refractivity contribution in [3.05, 3.63) is 81.1 Å². The number of nitrogens with zero attached hydrogens (tertiary/aromatic N) is 2. The highest BCUT2D eigenvalue weighted by atomic mass is 16.5. The summed E-state index contributed by atoms with van der Waals surface area (Å²) in [4.78, 5) is 32.3. The van der Waals surface area contributed by atoms with Crippen molar-refractivity contribution in [2.75, 3.05) is 20.3 Å². The van der Waals surface area contributed by atoms with Crippen LogP contribution in [0.25, 0.3) is 22.2 Å². The zero-order chi connectivity index (χ0) is 22.1. The Bertz CT molecular complexity index is 1410. The molecule has 32 heavy (non-hydrogen) atoms. The van der Waals surface area contributed by atoms with Crippen LogP contribution in [-0.4, -0.2) is 34.9 Å². The lowest BCUT2D eigenvalue weighted by molar-refractivity contribution is 0.297. The summed E-state index contributed by atoms with van der Waals surface area (Å²) in [6.07, 6.45) is 2.41. The monoisotopic (exact) mass is 431 g/mol. The van der Waals surface area contributed by atoms with Gasteiger partial charge in [-0.1, -0.05) is 18.2 Å². The van der Waals surface area contributed by atoms with Crippen LogP contribution in [-0.2, 0) is 6.54 Å². The molecule has 162 valence electrons. The molecule has 8 heteroatoms. The minimum absolute atomic E-state index is 0.224. The largest absolute Gasteiger partial charge is 0.497 e. The Morgan fingerprint density at radius 1 is 1.03 bits per heavy atom. The lowest BCUT2D eigenvalue weighted by atomic mass is 10.0. The van der Waals surface area contributed by atoms with Crippen LogP contribution in [0.15, 0.2) is 64.3 Å². The Labute approximate surface area is 183 Å². The molecule has 8 nitrogen and oxygen atoms in total.